The molecule has 0 amide bonds. The molecule has 0 aliphatic carbocycles. The van der Waals surface area contributed by atoms with Gasteiger partial charge >= 0.3 is 5.97 Å². The fourth-order valence-electron chi connectivity index (χ4n) is 3.63. The predicted molar refractivity (Wildman–Crippen MR) is 125 cm³/mol. The molecule has 0 bridgehead atoms. The zero-order chi connectivity index (χ0) is 24.8. The number of carboxylic acids is 1. The Bertz CT molecular complexity index is 1160. The van der Waals surface area contributed by atoms with Crippen LogP contribution in [0.25, 0.3) is 28.5 Å². The summed E-state index contributed by atoms with van der Waals surface area (Å²) in [4.78, 5) is 10.8. The molecule has 0 saturated heterocycles. The van der Waals surface area contributed by atoms with E-state index in [2.05, 4.69) is 10.2 Å². The summed E-state index contributed by atoms with van der Waals surface area (Å²) >= 11 is 0. The lowest BCUT2D eigenvalue weighted by Gasteiger charge is -2.18. The number of aromatic nitrogens is 2. The van der Waals surface area contributed by atoms with Crippen LogP contribution in [0.3, 0.4) is 0 Å². The van der Waals surface area contributed by atoms with E-state index in [0.29, 0.717) is 33.6 Å². The highest BCUT2D eigenvalue weighted by atomic mass is 19.1. The number of hydrogen-bond donors (Lipinski definition) is 3. The summed E-state index contributed by atoms with van der Waals surface area (Å²) < 4.78 is 27.2. The monoisotopic (exact) mass is 468 g/mol. The van der Waals surface area contributed by atoms with Gasteiger partial charge in [0.25, 0.3) is 0 Å². The summed E-state index contributed by atoms with van der Waals surface area (Å²) in [6.45, 7) is 3.86. The van der Waals surface area contributed by atoms with Crippen LogP contribution in [0.4, 0.5) is 8.78 Å². The highest BCUT2D eigenvalue weighted by Crippen LogP contribution is 2.37. The third-order valence-corrected chi connectivity index (χ3v) is 5.25. The number of nitrogens with zero attached hydrogens (tertiary/aromatic N) is 2. The molecule has 0 aliphatic rings. The van der Waals surface area contributed by atoms with E-state index in [0.717, 1.165) is 0 Å². The molecular formula is C26H26F2N2O4. The van der Waals surface area contributed by atoms with Crippen molar-refractivity contribution in [3.05, 3.63) is 77.5 Å². The van der Waals surface area contributed by atoms with Gasteiger partial charge in [0.05, 0.1) is 24.3 Å². The van der Waals surface area contributed by atoms with Gasteiger partial charge < -0.3 is 15.3 Å². The smallest absolute Gasteiger partial charge is 0.305 e. The number of carboxylic acid groups (broad SMARTS) is 1. The molecule has 3 rings (SSSR count). The highest BCUT2D eigenvalue weighted by molar-refractivity contribution is 5.87. The Morgan fingerprint density at radius 3 is 2.03 bits per heavy atom. The van der Waals surface area contributed by atoms with Gasteiger partial charge in [-0.3, -0.25) is 4.79 Å². The zero-order valence-corrected chi connectivity index (χ0v) is 18.8. The van der Waals surface area contributed by atoms with Crippen molar-refractivity contribution in [3.8, 4) is 22.4 Å². The maximum absolute atomic E-state index is 13.7. The highest BCUT2D eigenvalue weighted by Gasteiger charge is 2.20. The van der Waals surface area contributed by atoms with Gasteiger partial charge in [-0.15, -0.1) is 5.10 Å². The average molecular weight is 469 g/mol. The molecule has 0 radical (unpaired) electrons. The Balaban J connectivity index is 2.15. The Hall–Kier alpha value is -3.49. The number of aliphatic carboxylic acids is 1. The maximum atomic E-state index is 13.7. The van der Waals surface area contributed by atoms with Crippen molar-refractivity contribution in [1.29, 1.82) is 0 Å². The van der Waals surface area contributed by atoms with E-state index in [1.165, 1.54) is 30.3 Å². The molecule has 3 aromatic rings. The summed E-state index contributed by atoms with van der Waals surface area (Å²) in [5, 5.41) is 37.8. The van der Waals surface area contributed by atoms with E-state index >= 15 is 0 Å². The van der Waals surface area contributed by atoms with Gasteiger partial charge in [-0.2, -0.15) is 5.10 Å². The molecule has 2 aromatic carbocycles. The van der Waals surface area contributed by atoms with Gasteiger partial charge in [0.2, 0.25) is 0 Å². The fourth-order valence-corrected chi connectivity index (χ4v) is 3.63. The minimum Gasteiger partial charge on any atom is -0.481 e. The summed E-state index contributed by atoms with van der Waals surface area (Å²) in [6, 6.07) is 11.6. The van der Waals surface area contributed by atoms with Crippen molar-refractivity contribution in [2.75, 3.05) is 0 Å². The van der Waals surface area contributed by atoms with Crippen molar-refractivity contribution in [1.82, 2.24) is 10.2 Å². The van der Waals surface area contributed by atoms with Crippen molar-refractivity contribution in [2.24, 2.45) is 0 Å². The second kappa shape index (κ2) is 11.1. The lowest BCUT2D eigenvalue weighted by atomic mass is 9.90. The van der Waals surface area contributed by atoms with Gasteiger partial charge in [-0.05, 0) is 47.9 Å². The van der Waals surface area contributed by atoms with Crippen LogP contribution in [0.1, 0.15) is 43.9 Å². The minimum atomic E-state index is -1.20. The molecule has 2 atom stereocenters. The number of rotatable bonds is 9. The molecule has 34 heavy (non-hydrogen) atoms. The van der Waals surface area contributed by atoms with Crippen LogP contribution in [0.15, 0.2) is 54.6 Å². The number of hydrogen-bond acceptors (Lipinski definition) is 5. The van der Waals surface area contributed by atoms with Gasteiger partial charge in [0.1, 0.15) is 17.3 Å². The normalized spacial score (nSPS) is 13.4. The second-order valence-electron chi connectivity index (χ2n) is 8.30. The first kappa shape index (κ1) is 25.1. The molecular weight excluding hydrogens is 442 g/mol. The van der Waals surface area contributed by atoms with Gasteiger partial charge in [-0.25, -0.2) is 8.78 Å². The van der Waals surface area contributed by atoms with Crippen LogP contribution in [0.5, 0.6) is 0 Å². The first-order valence-electron chi connectivity index (χ1n) is 10.8. The van der Waals surface area contributed by atoms with Crippen LogP contribution in [0, 0.1) is 11.6 Å². The average Bonchev–Trinajstić information content (AvgIpc) is 2.77. The SMILES string of the molecule is CC(C)c1nnc(-c2ccc(F)cc2)c(-c2ccc(F)cc2)c1/C=C/[C@@H](O)C[C@@H](O)CC(=O)O. The lowest BCUT2D eigenvalue weighted by molar-refractivity contribution is -0.139. The number of benzene rings is 2. The van der Waals surface area contributed by atoms with Crippen molar-refractivity contribution < 1.29 is 28.9 Å². The van der Waals surface area contributed by atoms with Gasteiger partial charge in [0.15, 0.2) is 0 Å². The zero-order valence-electron chi connectivity index (χ0n) is 18.8. The Morgan fingerprint density at radius 1 is 0.941 bits per heavy atom. The number of aliphatic hydroxyl groups is 2. The molecule has 178 valence electrons. The Morgan fingerprint density at radius 2 is 1.50 bits per heavy atom. The molecule has 0 fully saturated rings. The summed E-state index contributed by atoms with van der Waals surface area (Å²) in [6.07, 6.45) is 0.147. The van der Waals surface area contributed by atoms with Crippen LogP contribution < -0.4 is 0 Å². The third-order valence-electron chi connectivity index (χ3n) is 5.25. The van der Waals surface area contributed by atoms with Crippen molar-refractivity contribution >= 4 is 12.0 Å². The predicted octanol–water partition coefficient (Wildman–Crippen LogP) is 4.81. The molecule has 6 nitrogen and oxygen atoms in total. The molecule has 1 aromatic heterocycles. The Kier molecular flexibility index (Phi) is 8.20. The van der Waals surface area contributed by atoms with Crippen LogP contribution in [-0.2, 0) is 4.79 Å². The molecule has 0 aliphatic heterocycles. The molecule has 0 spiro atoms. The fraction of sp³-hybridized carbons (Fsp3) is 0.269. The van der Waals surface area contributed by atoms with E-state index < -0.39 is 36.2 Å². The van der Waals surface area contributed by atoms with E-state index in [1.807, 2.05) is 13.8 Å². The van der Waals surface area contributed by atoms with E-state index in [4.69, 9.17) is 5.11 Å². The summed E-state index contributed by atoms with van der Waals surface area (Å²) in [5.74, 6) is -2.02. The van der Waals surface area contributed by atoms with E-state index in [-0.39, 0.29) is 12.3 Å². The van der Waals surface area contributed by atoms with E-state index in [1.54, 1.807) is 30.3 Å². The summed E-state index contributed by atoms with van der Waals surface area (Å²) in [5.41, 5.74) is 3.59. The molecule has 0 unspecified atom stereocenters. The quantitative estimate of drug-likeness (QED) is 0.416. The lowest BCUT2D eigenvalue weighted by Crippen LogP contribution is -2.19. The topological polar surface area (TPSA) is 104 Å². The van der Waals surface area contributed by atoms with Crippen LogP contribution in [0.2, 0.25) is 0 Å². The molecule has 1 heterocycles. The van der Waals surface area contributed by atoms with Crippen LogP contribution in [-0.4, -0.2) is 43.7 Å². The van der Waals surface area contributed by atoms with Crippen molar-refractivity contribution in [3.63, 3.8) is 0 Å². The first-order valence-corrected chi connectivity index (χ1v) is 10.8. The van der Waals surface area contributed by atoms with Gasteiger partial charge in [0, 0.05) is 23.1 Å². The molecule has 3 N–H and O–H groups in total. The molecule has 8 heteroatoms. The second-order valence-corrected chi connectivity index (χ2v) is 8.30. The minimum absolute atomic E-state index is 0.0524. The third kappa shape index (κ3) is 6.30. The summed E-state index contributed by atoms with van der Waals surface area (Å²) in [7, 11) is 0. The standard InChI is InChI=1S/C26H26F2N2O4/c1-15(2)25-22(12-11-20(31)13-21(32)14-23(33)34)24(16-3-7-18(27)8-4-16)26(30-29-25)17-5-9-19(28)10-6-17/h3-12,15,20-21,31-32H,13-14H2,1-2H3,(H,33,34)/b12-11+/t20-,21-/m1/s1. The largest absolute Gasteiger partial charge is 0.481 e. The number of carbonyl (C=O) groups is 1. The number of halogens is 2. The maximum Gasteiger partial charge on any atom is 0.305 e. The van der Waals surface area contributed by atoms with Crippen molar-refractivity contribution in [2.45, 2.75) is 44.8 Å². The Labute approximate surface area is 196 Å². The van der Waals surface area contributed by atoms with E-state index in [9.17, 15) is 23.8 Å². The van der Waals surface area contributed by atoms with Gasteiger partial charge in [-0.1, -0.05) is 38.1 Å². The van der Waals surface area contributed by atoms with Crippen LogP contribution >= 0.6 is 0 Å². The molecule has 0 saturated carbocycles. The first-order chi connectivity index (χ1) is 16.2. The number of aliphatic hydroxyl groups excluding tert-OH is 2.